The van der Waals surface area contributed by atoms with Gasteiger partial charge in [-0.25, -0.2) is 0 Å². The van der Waals surface area contributed by atoms with Crippen LogP contribution in [0.25, 0.3) is 11.1 Å². The van der Waals surface area contributed by atoms with Crippen LogP contribution >= 0.6 is 0 Å². The van der Waals surface area contributed by atoms with Gasteiger partial charge in [0.1, 0.15) is 0 Å². The van der Waals surface area contributed by atoms with Gasteiger partial charge in [-0.15, -0.1) is 0 Å². The van der Waals surface area contributed by atoms with Crippen LogP contribution in [0.2, 0.25) is 0 Å². The van der Waals surface area contributed by atoms with Crippen LogP contribution in [0.5, 0.6) is 0 Å². The first kappa shape index (κ1) is 13.9. The largest absolute Gasteiger partial charge is 0.366 e. The molecule has 0 atom stereocenters. The average Bonchev–Trinajstić information content (AvgIpc) is 2.56. The van der Waals surface area contributed by atoms with E-state index in [0.717, 1.165) is 0 Å². The lowest BCUT2D eigenvalue weighted by molar-refractivity contribution is 0.1000. The summed E-state index contributed by atoms with van der Waals surface area (Å²) in [6.07, 6.45) is 6.30. The van der Waals surface area contributed by atoms with Crippen molar-refractivity contribution in [3.63, 3.8) is 0 Å². The molecule has 0 saturated heterocycles. The lowest BCUT2D eigenvalue weighted by atomic mass is 9.80. The van der Waals surface area contributed by atoms with Crippen molar-refractivity contribution in [2.75, 3.05) is 0 Å². The Labute approximate surface area is 126 Å². The van der Waals surface area contributed by atoms with E-state index in [1.54, 1.807) is 0 Å². The van der Waals surface area contributed by atoms with Gasteiger partial charge in [0.15, 0.2) is 0 Å². The second-order valence-corrected chi connectivity index (χ2v) is 5.87. The van der Waals surface area contributed by atoms with E-state index in [1.165, 1.54) is 48.8 Å². The first-order valence-corrected chi connectivity index (χ1v) is 7.75. The van der Waals surface area contributed by atoms with Crippen LogP contribution in [0.15, 0.2) is 48.5 Å². The summed E-state index contributed by atoms with van der Waals surface area (Å²) < 4.78 is 0. The molecule has 0 aromatic heterocycles. The highest BCUT2D eigenvalue weighted by Crippen LogP contribution is 2.38. The normalized spacial score (nSPS) is 15.8. The maximum Gasteiger partial charge on any atom is 0.248 e. The van der Waals surface area contributed by atoms with Gasteiger partial charge < -0.3 is 5.73 Å². The van der Waals surface area contributed by atoms with Crippen LogP contribution in [0.1, 0.15) is 53.9 Å². The third kappa shape index (κ3) is 2.99. The Morgan fingerprint density at radius 1 is 0.952 bits per heavy atom. The van der Waals surface area contributed by atoms with Crippen molar-refractivity contribution >= 4 is 5.91 Å². The number of hydrogen-bond acceptors (Lipinski definition) is 1. The number of primary amides is 1. The van der Waals surface area contributed by atoms with Crippen molar-refractivity contribution in [2.24, 2.45) is 5.73 Å². The van der Waals surface area contributed by atoms with Crippen molar-refractivity contribution in [3.8, 4) is 11.1 Å². The summed E-state index contributed by atoms with van der Waals surface area (Å²) >= 11 is 0. The zero-order chi connectivity index (χ0) is 14.7. The van der Waals surface area contributed by atoms with E-state index in [0.29, 0.717) is 11.5 Å². The van der Waals surface area contributed by atoms with Crippen LogP contribution in [0.3, 0.4) is 0 Å². The van der Waals surface area contributed by atoms with E-state index < -0.39 is 0 Å². The number of hydrogen-bond donors (Lipinski definition) is 1. The predicted octanol–water partition coefficient (Wildman–Crippen LogP) is 4.50. The monoisotopic (exact) mass is 279 g/mol. The fourth-order valence-electron chi connectivity index (χ4n) is 3.35. The molecule has 2 aromatic carbocycles. The van der Waals surface area contributed by atoms with Gasteiger partial charge in [0.25, 0.3) is 0 Å². The quantitative estimate of drug-likeness (QED) is 0.883. The Kier molecular flexibility index (Phi) is 4.05. The van der Waals surface area contributed by atoms with Crippen molar-refractivity contribution in [3.05, 3.63) is 59.7 Å². The molecule has 21 heavy (non-hydrogen) atoms. The van der Waals surface area contributed by atoms with Crippen LogP contribution in [-0.2, 0) is 0 Å². The standard InChI is InChI=1S/C19H21NO/c20-19(21)16-11-12-17(14-7-3-1-4-8-14)18(13-16)15-9-5-2-6-10-15/h1,3-4,7-8,11-13,15H,2,5-6,9-10H2,(H2,20,21). The lowest BCUT2D eigenvalue weighted by Gasteiger charge is -2.25. The summed E-state index contributed by atoms with van der Waals surface area (Å²) in [6, 6.07) is 16.3. The maximum absolute atomic E-state index is 11.5. The van der Waals surface area contributed by atoms with Gasteiger partial charge in [-0.2, -0.15) is 0 Å². The number of amides is 1. The molecule has 2 N–H and O–H groups in total. The van der Waals surface area contributed by atoms with Gasteiger partial charge in [0.2, 0.25) is 5.91 Å². The Balaban J connectivity index is 2.08. The van der Waals surface area contributed by atoms with E-state index in [-0.39, 0.29) is 5.91 Å². The Morgan fingerprint density at radius 3 is 2.33 bits per heavy atom. The molecule has 108 valence electrons. The number of rotatable bonds is 3. The van der Waals surface area contributed by atoms with Crippen molar-refractivity contribution in [1.29, 1.82) is 0 Å². The molecule has 3 rings (SSSR count). The summed E-state index contributed by atoms with van der Waals surface area (Å²) in [7, 11) is 0. The molecule has 0 radical (unpaired) electrons. The van der Waals surface area contributed by atoms with Crippen LogP contribution in [0, 0.1) is 0 Å². The lowest BCUT2D eigenvalue weighted by Crippen LogP contribution is -2.13. The highest BCUT2D eigenvalue weighted by atomic mass is 16.1. The predicted molar refractivity (Wildman–Crippen MR) is 86.2 cm³/mol. The molecule has 2 aromatic rings. The van der Waals surface area contributed by atoms with Gasteiger partial charge in [0, 0.05) is 5.56 Å². The first-order chi connectivity index (χ1) is 10.3. The third-order valence-corrected chi connectivity index (χ3v) is 4.47. The molecule has 0 aliphatic heterocycles. The minimum atomic E-state index is -0.341. The molecule has 0 bridgehead atoms. The number of carbonyl (C=O) groups excluding carboxylic acids is 1. The van der Waals surface area contributed by atoms with E-state index in [1.807, 2.05) is 18.2 Å². The SMILES string of the molecule is NC(=O)c1ccc(-c2ccccc2)c(C2CCCCC2)c1. The molecule has 1 saturated carbocycles. The molecule has 1 fully saturated rings. The molecule has 2 heteroatoms. The summed E-state index contributed by atoms with van der Waals surface area (Å²) in [4.78, 5) is 11.5. The maximum atomic E-state index is 11.5. The molecular weight excluding hydrogens is 258 g/mol. The zero-order valence-electron chi connectivity index (χ0n) is 12.2. The Hall–Kier alpha value is -2.09. The highest BCUT2D eigenvalue weighted by molar-refractivity contribution is 5.93. The van der Waals surface area contributed by atoms with Gasteiger partial charge >= 0.3 is 0 Å². The van der Waals surface area contributed by atoms with Crippen molar-refractivity contribution < 1.29 is 4.79 Å². The van der Waals surface area contributed by atoms with E-state index in [2.05, 4.69) is 30.3 Å². The topological polar surface area (TPSA) is 43.1 Å². The Bertz CT molecular complexity index is 627. The molecule has 0 unspecified atom stereocenters. The van der Waals surface area contributed by atoms with E-state index >= 15 is 0 Å². The summed E-state index contributed by atoms with van der Waals surface area (Å²) in [5, 5.41) is 0. The fourth-order valence-corrected chi connectivity index (χ4v) is 3.35. The minimum absolute atomic E-state index is 0.341. The average molecular weight is 279 g/mol. The van der Waals surface area contributed by atoms with Gasteiger partial charge in [-0.1, -0.05) is 55.7 Å². The van der Waals surface area contributed by atoms with Gasteiger partial charge in [-0.05, 0) is 47.6 Å². The zero-order valence-corrected chi connectivity index (χ0v) is 12.2. The molecule has 0 spiro atoms. The van der Waals surface area contributed by atoms with E-state index in [9.17, 15) is 4.79 Å². The molecule has 2 nitrogen and oxygen atoms in total. The number of benzene rings is 2. The smallest absolute Gasteiger partial charge is 0.248 e. The molecule has 1 aliphatic rings. The van der Waals surface area contributed by atoms with E-state index in [4.69, 9.17) is 5.73 Å². The fraction of sp³-hybridized carbons (Fsp3) is 0.316. The molecule has 0 heterocycles. The Morgan fingerprint density at radius 2 is 1.67 bits per heavy atom. The molecular formula is C19H21NO. The molecule has 1 amide bonds. The number of nitrogens with two attached hydrogens (primary N) is 1. The van der Waals surface area contributed by atoms with Crippen LogP contribution < -0.4 is 5.73 Å². The summed E-state index contributed by atoms with van der Waals surface area (Å²) in [6.45, 7) is 0. The minimum Gasteiger partial charge on any atom is -0.366 e. The second kappa shape index (κ2) is 6.13. The first-order valence-electron chi connectivity index (χ1n) is 7.75. The summed E-state index contributed by atoms with van der Waals surface area (Å²) in [5.74, 6) is 0.208. The van der Waals surface area contributed by atoms with Gasteiger partial charge in [-0.3, -0.25) is 4.79 Å². The third-order valence-electron chi connectivity index (χ3n) is 4.47. The van der Waals surface area contributed by atoms with Crippen molar-refractivity contribution in [2.45, 2.75) is 38.0 Å². The van der Waals surface area contributed by atoms with Gasteiger partial charge in [0.05, 0.1) is 0 Å². The van der Waals surface area contributed by atoms with Crippen LogP contribution in [0.4, 0.5) is 0 Å². The number of carbonyl (C=O) groups is 1. The van der Waals surface area contributed by atoms with Crippen molar-refractivity contribution in [1.82, 2.24) is 0 Å². The molecule has 1 aliphatic carbocycles. The highest BCUT2D eigenvalue weighted by Gasteiger charge is 2.20. The summed E-state index contributed by atoms with van der Waals surface area (Å²) in [5.41, 5.74) is 9.83. The van der Waals surface area contributed by atoms with Crippen LogP contribution in [-0.4, -0.2) is 5.91 Å². The second-order valence-electron chi connectivity index (χ2n) is 5.87.